The summed E-state index contributed by atoms with van der Waals surface area (Å²) in [6, 6.07) is 6.57. The van der Waals surface area contributed by atoms with Crippen molar-refractivity contribution in [3.05, 3.63) is 29.7 Å². The van der Waals surface area contributed by atoms with Crippen LogP contribution in [0.4, 0.5) is 0 Å². The SMILES string of the molecule is CCC(CN)C(c1ccc2nc(C)oc2c1)N(C)C. The van der Waals surface area contributed by atoms with Crippen molar-refractivity contribution < 1.29 is 4.42 Å². The van der Waals surface area contributed by atoms with Gasteiger partial charge in [0, 0.05) is 13.0 Å². The topological polar surface area (TPSA) is 55.3 Å². The lowest BCUT2D eigenvalue weighted by Gasteiger charge is -2.31. The molecule has 0 saturated heterocycles. The highest BCUT2D eigenvalue weighted by Crippen LogP contribution is 2.30. The van der Waals surface area contributed by atoms with Gasteiger partial charge in [0.2, 0.25) is 0 Å². The van der Waals surface area contributed by atoms with Gasteiger partial charge < -0.3 is 15.1 Å². The van der Waals surface area contributed by atoms with Crippen LogP contribution >= 0.6 is 0 Å². The third kappa shape index (κ3) is 2.80. The Morgan fingerprint density at radius 3 is 2.68 bits per heavy atom. The van der Waals surface area contributed by atoms with Crippen LogP contribution in [-0.4, -0.2) is 30.5 Å². The standard InChI is InChI=1S/C15H23N3O/c1-5-11(9-16)15(18(3)4)12-6-7-13-14(8-12)19-10(2)17-13/h6-8,11,15H,5,9,16H2,1-4H3. The third-order valence-electron chi connectivity index (χ3n) is 3.69. The molecule has 19 heavy (non-hydrogen) atoms. The van der Waals surface area contributed by atoms with E-state index in [2.05, 4.69) is 43.0 Å². The van der Waals surface area contributed by atoms with Crippen LogP contribution in [0.15, 0.2) is 22.6 Å². The molecule has 2 aromatic rings. The minimum absolute atomic E-state index is 0.310. The molecule has 0 saturated carbocycles. The van der Waals surface area contributed by atoms with Gasteiger partial charge >= 0.3 is 0 Å². The molecule has 0 radical (unpaired) electrons. The first kappa shape index (κ1) is 14.0. The summed E-state index contributed by atoms with van der Waals surface area (Å²) >= 11 is 0. The number of nitrogens with zero attached hydrogens (tertiary/aromatic N) is 2. The fourth-order valence-corrected chi connectivity index (χ4v) is 2.75. The van der Waals surface area contributed by atoms with E-state index in [1.807, 2.05) is 13.0 Å². The first-order valence-corrected chi connectivity index (χ1v) is 6.80. The molecular weight excluding hydrogens is 238 g/mol. The van der Waals surface area contributed by atoms with E-state index in [-0.39, 0.29) is 0 Å². The molecule has 0 aliphatic carbocycles. The molecule has 2 N–H and O–H groups in total. The number of benzene rings is 1. The molecule has 1 aromatic carbocycles. The van der Waals surface area contributed by atoms with Crippen LogP contribution in [0, 0.1) is 12.8 Å². The summed E-state index contributed by atoms with van der Waals surface area (Å²) in [5, 5.41) is 0. The first-order chi connectivity index (χ1) is 9.06. The average molecular weight is 261 g/mol. The molecule has 0 aliphatic rings. The van der Waals surface area contributed by atoms with Gasteiger partial charge in [0.1, 0.15) is 5.52 Å². The summed E-state index contributed by atoms with van der Waals surface area (Å²) in [6.45, 7) is 4.75. The van der Waals surface area contributed by atoms with Gasteiger partial charge in [-0.1, -0.05) is 19.4 Å². The van der Waals surface area contributed by atoms with Crippen molar-refractivity contribution in [1.29, 1.82) is 0 Å². The molecule has 1 aromatic heterocycles. The van der Waals surface area contributed by atoms with Crippen LogP contribution in [0.3, 0.4) is 0 Å². The number of fused-ring (bicyclic) bond motifs is 1. The maximum atomic E-state index is 5.91. The van der Waals surface area contributed by atoms with Gasteiger partial charge in [0.05, 0.1) is 0 Å². The Bertz CT molecular complexity index is 543. The number of hydrogen-bond acceptors (Lipinski definition) is 4. The zero-order chi connectivity index (χ0) is 14.0. The quantitative estimate of drug-likeness (QED) is 0.899. The Balaban J connectivity index is 2.43. The van der Waals surface area contributed by atoms with Crippen molar-refractivity contribution in [3.63, 3.8) is 0 Å². The van der Waals surface area contributed by atoms with Crippen LogP contribution < -0.4 is 5.73 Å². The molecule has 0 aliphatic heterocycles. The molecule has 2 atom stereocenters. The summed E-state index contributed by atoms with van der Waals surface area (Å²) in [5.41, 5.74) is 8.93. The number of aromatic nitrogens is 1. The minimum atomic E-state index is 0.310. The summed E-state index contributed by atoms with van der Waals surface area (Å²) in [6.07, 6.45) is 1.06. The van der Waals surface area contributed by atoms with E-state index in [1.165, 1.54) is 5.56 Å². The van der Waals surface area contributed by atoms with E-state index in [0.717, 1.165) is 17.5 Å². The van der Waals surface area contributed by atoms with Gasteiger partial charge in [0.15, 0.2) is 11.5 Å². The molecule has 2 rings (SSSR count). The van der Waals surface area contributed by atoms with Crippen LogP contribution in [0.2, 0.25) is 0 Å². The summed E-state index contributed by atoms with van der Waals surface area (Å²) in [7, 11) is 4.19. The molecule has 0 amide bonds. The smallest absolute Gasteiger partial charge is 0.192 e. The highest BCUT2D eigenvalue weighted by molar-refractivity contribution is 5.73. The van der Waals surface area contributed by atoms with Gasteiger partial charge in [-0.05, 0) is 44.3 Å². The van der Waals surface area contributed by atoms with Crippen molar-refractivity contribution in [3.8, 4) is 0 Å². The Hall–Kier alpha value is -1.39. The molecule has 2 unspecified atom stereocenters. The third-order valence-corrected chi connectivity index (χ3v) is 3.69. The second kappa shape index (κ2) is 5.72. The number of oxazole rings is 1. The first-order valence-electron chi connectivity index (χ1n) is 6.80. The maximum Gasteiger partial charge on any atom is 0.192 e. The van der Waals surface area contributed by atoms with E-state index in [0.29, 0.717) is 24.4 Å². The Kier molecular flexibility index (Phi) is 4.22. The largest absolute Gasteiger partial charge is 0.441 e. The average Bonchev–Trinajstić information content (AvgIpc) is 2.74. The molecule has 0 fully saturated rings. The highest BCUT2D eigenvalue weighted by Gasteiger charge is 2.23. The summed E-state index contributed by atoms with van der Waals surface area (Å²) in [5.74, 6) is 1.15. The second-order valence-electron chi connectivity index (χ2n) is 5.27. The van der Waals surface area contributed by atoms with Gasteiger partial charge in [0.25, 0.3) is 0 Å². The van der Waals surface area contributed by atoms with E-state index in [9.17, 15) is 0 Å². The summed E-state index contributed by atoms with van der Waals surface area (Å²) < 4.78 is 5.62. The molecule has 0 spiro atoms. The van der Waals surface area contributed by atoms with Crippen molar-refractivity contribution in [2.75, 3.05) is 20.6 Å². The van der Waals surface area contributed by atoms with Gasteiger partial charge in [-0.15, -0.1) is 0 Å². The fraction of sp³-hybridized carbons (Fsp3) is 0.533. The lowest BCUT2D eigenvalue weighted by molar-refractivity contribution is 0.211. The lowest BCUT2D eigenvalue weighted by Crippen LogP contribution is -2.31. The second-order valence-corrected chi connectivity index (χ2v) is 5.27. The minimum Gasteiger partial charge on any atom is -0.441 e. The van der Waals surface area contributed by atoms with E-state index >= 15 is 0 Å². The van der Waals surface area contributed by atoms with Crippen LogP contribution in [-0.2, 0) is 0 Å². The lowest BCUT2D eigenvalue weighted by atomic mass is 9.90. The van der Waals surface area contributed by atoms with E-state index in [4.69, 9.17) is 10.2 Å². The highest BCUT2D eigenvalue weighted by atomic mass is 16.3. The predicted octanol–water partition coefficient (Wildman–Crippen LogP) is 2.72. The molecular formula is C15H23N3O. The number of rotatable bonds is 5. The van der Waals surface area contributed by atoms with E-state index in [1.54, 1.807) is 0 Å². The molecule has 1 heterocycles. The molecule has 0 bridgehead atoms. The van der Waals surface area contributed by atoms with Crippen molar-refractivity contribution in [2.24, 2.45) is 11.7 Å². The van der Waals surface area contributed by atoms with E-state index < -0.39 is 0 Å². The molecule has 104 valence electrons. The summed E-state index contributed by atoms with van der Waals surface area (Å²) in [4.78, 5) is 6.57. The number of hydrogen-bond donors (Lipinski definition) is 1. The number of nitrogens with two attached hydrogens (primary N) is 1. The van der Waals surface area contributed by atoms with Crippen LogP contribution in [0.5, 0.6) is 0 Å². The van der Waals surface area contributed by atoms with Gasteiger partial charge in [-0.2, -0.15) is 0 Å². The normalized spacial score (nSPS) is 15.1. The Labute approximate surface area is 114 Å². The van der Waals surface area contributed by atoms with Gasteiger partial charge in [-0.25, -0.2) is 4.98 Å². The predicted molar refractivity (Wildman–Crippen MR) is 78.0 cm³/mol. The molecule has 4 heteroatoms. The van der Waals surface area contributed by atoms with Gasteiger partial charge in [-0.3, -0.25) is 0 Å². The fourth-order valence-electron chi connectivity index (χ4n) is 2.75. The Morgan fingerprint density at radius 2 is 2.11 bits per heavy atom. The van der Waals surface area contributed by atoms with Crippen LogP contribution in [0.25, 0.3) is 11.1 Å². The maximum absolute atomic E-state index is 5.91. The number of aryl methyl sites for hydroxylation is 1. The van der Waals surface area contributed by atoms with Crippen molar-refractivity contribution >= 4 is 11.1 Å². The zero-order valence-corrected chi connectivity index (χ0v) is 12.2. The van der Waals surface area contributed by atoms with Crippen molar-refractivity contribution in [1.82, 2.24) is 9.88 Å². The molecule has 4 nitrogen and oxygen atoms in total. The van der Waals surface area contributed by atoms with Crippen molar-refractivity contribution in [2.45, 2.75) is 26.3 Å². The Morgan fingerprint density at radius 1 is 1.37 bits per heavy atom. The zero-order valence-electron chi connectivity index (χ0n) is 12.2. The monoisotopic (exact) mass is 261 g/mol. The van der Waals surface area contributed by atoms with Crippen LogP contribution in [0.1, 0.15) is 30.8 Å².